The van der Waals surface area contributed by atoms with Crippen molar-refractivity contribution in [3.8, 4) is 0 Å². The normalized spacial score (nSPS) is 23.6. The van der Waals surface area contributed by atoms with Crippen LogP contribution in [0.5, 0.6) is 0 Å². The Kier molecular flexibility index (Phi) is 3.66. The highest BCUT2D eigenvalue weighted by molar-refractivity contribution is 5.94. The molecule has 1 aliphatic heterocycles. The number of aryl methyl sites for hydroxylation is 1. The van der Waals surface area contributed by atoms with Gasteiger partial charge >= 0.3 is 5.97 Å². The Morgan fingerprint density at radius 3 is 3.06 bits per heavy atom. The molecule has 1 amide bonds. The van der Waals surface area contributed by atoms with E-state index in [-0.39, 0.29) is 18.7 Å². The predicted molar refractivity (Wildman–Crippen MR) is 62.7 cm³/mol. The average Bonchev–Trinajstić information content (AvgIpc) is 2.75. The van der Waals surface area contributed by atoms with Gasteiger partial charge in [0.05, 0.1) is 18.1 Å². The van der Waals surface area contributed by atoms with Crippen LogP contribution in [0, 0.1) is 0 Å². The molecular formula is C12H16N2O4. The van der Waals surface area contributed by atoms with E-state index in [9.17, 15) is 14.7 Å². The van der Waals surface area contributed by atoms with Crippen molar-refractivity contribution in [2.75, 3.05) is 0 Å². The van der Waals surface area contributed by atoms with E-state index in [1.165, 1.54) is 0 Å². The van der Waals surface area contributed by atoms with Gasteiger partial charge in [-0.1, -0.05) is 0 Å². The fraction of sp³-hybridized carbons (Fsp3) is 0.500. The molecule has 2 heterocycles. The van der Waals surface area contributed by atoms with Gasteiger partial charge in [0.1, 0.15) is 0 Å². The van der Waals surface area contributed by atoms with E-state index in [2.05, 4.69) is 5.32 Å². The van der Waals surface area contributed by atoms with Gasteiger partial charge in [-0.2, -0.15) is 0 Å². The molecule has 6 nitrogen and oxygen atoms in total. The summed E-state index contributed by atoms with van der Waals surface area (Å²) >= 11 is 0. The van der Waals surface area contributed by atoms with Crippen LogP contribution in [0.3, 0.4) is 0 Å². The molecule has 1 fully saturated rings. The zero-order chi connectivity index (χ0) is 13.1. The van der Waals surface area contributed by atoms with Crippen molar-refractivity contribution in [1.29, 1.82) is 0 Å². The highest BCUT2D eigenvalue weighted by Gasteiger charge is 2.28. The molecule has 0 spiro atoms. The van der Waals surface area contributed by atoms with Crippen molar-refractivity contribution in [1.82, 2.24) is 9.88 Å². The first-order valence-corrected chi connectivity index (χ1v) is 5.92. The van der Waals surface area contributed by atoms with Crippen LogP contribution in [0.25, 0.3) is 0 Å². The molecule has 0 aliphatic carbocycles. The maximum atomic E-state index is 11.9. The van der Waals surface area contributed by atoms with Crippen molar-refractivity contribution in [3.05, 3.63) is 24.0 Å². The number of nitrogens with one attached hydrogen (secondary N) is 1. The molecule has 1 aliphatic rings. The summed E-state index contributed by atoms with van der Waals surface area (Å²) in [6.45, 7) is 2.76. The molecule has 0 radical (unpaired) electrons. The number of carbonyl (C=O) groups is 2. The molecule has 2 unspecified atom stereocenters. The standard InChI is InChI=1S/C12H16N2O4/c1-2-14-4-3-8(7-14)12(17)13-10-5-9(15)6-11(16)18-10/h3-4,7,9-10,15H,2,5-6H2,1H3,(H,13,17). The second-order valence-corrected chi connectivity index (χ2v) is 4.28. The maximum Gasteiger partial charge on any atom is 0.310 e. The summed E-state index contributed by atoms with van der Waals surface area (Å²) < 4.78 is 6.82. The molecule has 1 aromatic heterocycles. The number of aromatic nitrogens is 1. The van der Waals surface area contributed by atoms with Crippen LogP contribution in [-0.4, -0.2) is 33.9 Å². The van der Waals surface area contributed by atoms with Crippen molar-refractivity contribution in [3.63, 3.8) is 0 Å². The van der Waals surface area contributed by atoms with Crippen LogP contribution in [0.1, 0.15) is 30.1 Å². The van der Waals surface area contributed by atoms with Gasteiger partial charge in [-0.3, -0.25) is 9.59 Å². The van der Waals surface area contributed by atoms with Crippen LogP contribution in [0.15, 0.2) is 18.5 Å². The summed E-state index contributed by atoms with van der Waals surface area (Å²) in [7, 11) is 0. The number of hydrogen-bond acceptors (Lipinski definition) is 4. The Labute approximate surface area is 105 Å². The number of aliphatic hydroxyl groups is 1. The molecule has 6 heteroatoms. The van der Waals surface area contributed by atoms with Gasteiger partial charge < -0.3 is 19.7 Å². The fourth-order valence-electron chi connectivity index (χ4n) is 1.87. The molecule has 1 saturated heterocycles. The van der Waals surface area contributed by atoms with Gasteiger partial charge in [-0.25, -0.2) is 0 Å². The molecule has 2 atom stereocenters. The molecule has 0 bridgehead atoms. The third kappa shape index (κ3) is 2.89. The van der Waals surface area contributed by atoms with E-state index in [1.807, 2.05) is 11.5 Å². The zero-order valence-corrected chi connectivity index (χ0v) is 10.1. The van der Waals surface area contributed by atoms with Gasteiger partial charge in [0.2, 0.25) is 0 Å². The Morgan fingerprint density at radius 2 is 2.44 bits per heavy atom. The summed E-state index contributed by atoms with van der Waals surface area (Å²) in [4.78, 5) is 23.0. The highest BCUT2D eigenvalue weighted by Crippen LogP contribution is 2.13. The zero-order valence-electron chi connectivity index (χ0n) is 10.1. The first-order chi connectivity index (χ1) is 8.58. The average molecular weight is 252 g/mol. The summed E-state index contributed by atoms with van der Waals surface area (Å²) in [6.07, 6.45) is 2.23. The summed E-state index contributed by atoms with van der Waals surface area (Å²) in [6, 6.07) is 1.69. The smallest absolute Gasteiger partial charge is 0.310 e. The summed E-state index contributed by atoms with van der Waals surface area (Å²) in [5, 5.41) is 12.0. The van der Waals surface area contributed by atoms with Crippen LogP contribution in [0.2, 0.25) is 0 Å². The van der Waals surface area contributed by atoms with Crippen LogP contribution >= 0.6 is 0 Å². The van der Waals surface area contributed by atoms with Crippen LogP contribution < -0.4 is 5.32 Å². The van der Waals surface area contributed by atoms with Crippen molar-refractivity contribution in [2.24, 2.45) is 0 Å². The Balaban J connectivity index is 1.96. The van der Waals surface area contributed by atoms with Gasteiger partial charge in [0, 0.05) is 25.4 Å². The van der Waals surface area contributed by atoms with Crippen molar-refractivity contribution in [2.45, 2.75) is 38.6 Å². The fourth-order valence-corrected chi connectivity index (χ4v) is 1.87. The Morgan fingerprint density at radius 1 is 1.67 bits per heavy atom. The topological polar surface area (TPSA) is 80.6 Å². The number of carbonyl (C=O) groups excluding carboxylic acids is 2. The van der Waals surface area contributed by atoms with E-state index >= 15 is 0 Å². The first kappa shape index (κ1) is 12.6. The molecule has 0 saturated carbocycles. The molecule has 98 valence electrons. The minimum absolute atomic E-state index is 0.0153. The number of aliphatic hydroxyl groups excluding tert-OH is 1. The maximum absolute atomic E-state index is 11.9. The molecule has 1 aromatic rings. The lowest BCUT2D eigenvalue weighted by atomic mass is 10.1. The number of nitrogens with zero attached hydrogens (tertiary/aromatic N) is 1. The number of amides is 1. The third-order valence-electron chi connectivity index (χ3n) is 2.83. The number of cyclic esters (lactones) is 1. The minimum Gasteiger partial charge on any atom is -0.441 e. The van der Waals surface area contributed by atoms with Gasteiger partial charge in [0.25, 0.3) is 5.91 Å². The predicted octanol–water partition coefficient (Wildman–Crippen LogP) is 0.262. The van der Waals surface area contributed by atoms with Crippen molar-refractivity contribution >= 4 is 11.9 Å². The van der Waals surface area contributed by atoms with Gasteiger partial charge in [0.15, 0.2) is 6.23 Å². The van der Waals surface area contributed by atoms with Gasteiger partial charge in [-0.05, 0) is 13.0 Å². The Hall–Kier alpha value is -1.82. The first-order valence-electron chi connectivity index (χ1n) is 5.92. The number of esters is 1. The van der Waals surface area contributed by atoms with Crippen molar-refractivity contribution < 1.29 is 19.4 Å². The third-order valence-corrected chi connectivity index (χ3v) is 2.83. The lowest BCUT2D eigenvalue weighted by Crippen LogP contribution is -2.44. The van der Waals surface area contributed by atoms with Crippen LogP contribution in [0.4, 0.5) is 0 Å². The number of ether oxygens (including phenoxy) is 1. The monoisotopic (exact) mass is 252 g/mol. The second kappa shape index (κ2) is 5.22. The van der Waals surface area contributed by atoms with E-state index in [0.29, 0.717) is 5.56 Å². The molecule has 2 rings (SSSR count). The van der Waals surface area contributed by atoms with Crippen LogP contribution in [-0.2, 0) is 16.1 Å². The van der Waals surface area contributed by atoms with E-state index in [1.54, 1.807) is 18.5 Å². The molecule has 18 heavy (non-hydrogen) atoms. The lowest BCUT2D eigenvalue weighted by molar-refractivity contribution is -0.161. The summed E-state index contributed by atoms with van der Waals surface area (Å²) in [5.41, 5.74) is 0.507. The summed E-state index contributed by atoms with van der Waals surface area (Å²) in [5.74, 6) is -0.806. The molecule has 0 aromatic carbocycles. The quantitative estimate of drug-likeness (QED) is 0.756. The van der Waals surface area contributed by atoms with E-state index in [4.69, 9.17) is 4.74 Å². The second-order valence-electron chi connectivity index (χ2n) is 4.28. The van der Waals surface area contributed by atoms with Gasteiger partial charge in [-0.15, -0.1) is 0 Å². The van der Waals surface area contributed by atoms with E-state index in [0.717, 1.165) is 6.54 Å². The number of rotatable bonds is 3. The Bertz CT molecular complexity index is 455. The lowest BCUT2D eigenvalue weighted by Gasteiger charge is -2.26. The minimum atomic E-state index is -0.753. The molecule has 2 N–H and O–H groups in total. The molecular weight excluding hydrogens is 236 g/mol. The largest absolute Gasteiger partial charge is 0.441 e. The highest BCUT2D eigenvalue weighted by atomic mass is 16.6. The number of hydrogen-bond donors (Lipinski definition) is 2. The SMILES string of the molecule is CCn1ccc(C(=O)NC2CC(O)CC(=O)O2)c1. The van der Waals surface area contributed by atoms with E-state index < -0.39 is 18.3 Å².